The summed E-state index contributed by atoms with van der Waals surface area (Å²) in [5.41, 5.74) is 1.17. The second-order valence-electron chi connectivity index (χ2n) is 8.70. The Morgan fingerprint density at radius 1 is 0.973 bits per heavy atom. The Balaban J connectivity index is 1.43. The average Bonchev–Trinajstić information content (AvgIpc) is 2.90. The molecule has 5 rings (SSSR count). The van der Waals surface area contributed by atoms with Crippen LogP contribution in [-0.4, -0.2) is 55.6 Å². The van der Waals surface area contributed by atoms with Crippen LogP contribution in [0.25, 0.3) is 10.9 Å². The van der Waals surface area contributed by atoms with Crippen LogP contribution in [0.15, 0.2) is 71.8 Å². The summed E-state index contributed by atoms with van der Waals surface area (Å²) in [5, 5.41) is 10.6. The van der Waals surface area contributed by atoms with Crippen LogP contribution in [0.4, 0.5) is 17.3 Å². The molecule has 0 saturated carbocycles. The zero-order valence-corrected chi connectivity index (χ0v) is 21.5. The van der Waals surface area contributed by atoms with E-state index in [9.17, 15) is 18.3 Å². The molecule has 0 spiro atoms. The number of anilines is 3. The number of carboxylic acids is 1. The van der Waals surface area contributed by atoms with Crippen molar-refractivity contribution in [1.82, 2.24) is 9.97 Å². The van der Waals surface area contributed by atoms with E-state index < -0.39 is 16.0 Å². The number of carbonyl (C=O) groups is 1. The minimum atomic E-state index is -3.94. The van der Waals surface area contributed by atoms with Gasteiger partial charge in [-0.2, -0.15) is 0 Å². The summed E-state index contributed by atoms with van der Waals surface area (Å²) in [7, 11) is -3.94. The number of aromatic nitrogens is 2. The van der Waals surface area contributed by atoms with Crippen molar-refractivity contribution in [2.45, 2.75) is 11.8 Å². The molecular weight excluding hydrogens is 514 g/mol. The fourth-order valence-electron chi connectivity index (χ4n) is 4.41. The van der Waals surface area contributed by atoms with E-state index in [1.807, 2.05) is 23.1 Å². The molecule has 0 aliphatic carbocycles. The quantitative estimate of drug-likeness (QED) is 0.371. The van der Waals surface area contributed by atoms with E-state index in [1.54, 1.807) is 43.5 Å². The SMILES string of the molecule is Cc1c(Cl)cccc1S(=O)(=O)Nc1ccc2nc(N3CCN(c4ccccn4)CC3)cc(C(=O)O)c2c1. The van der Waals surface area contributed by atoms with Gasteiger partial charge in [0.25, 0.3) is 10.0 Å². The third-order valence-electron chi connectivity index (χ3n) is 6.36. The van der Waals surface area contributed by atoms with Gasteiger partial charge in [-0.1, -0.05) is 23.7 Å². The largest absolute Gasteiger partial charge is 0.478 e. The normalized spacial score (nSPS) is 14.1. The highest BCUT2D eigenvalue weighted by atomic mass is 35.5. The Kier molecular flexibility index (Phi) is 6.61. The number of benzene rings is 2. The zero-order valence-electron chi connectivity index (χ0n) is 19.9. The fraction of sp³-hybridized carbons (Fsp3) is 0.192. The van der Waals surface area contributed by atoms with E-state index >= 15 is 0 Å². The number of fused-ring (bicyclic) bond motifs is 1. The van der Waals surface area contributed by atoms with Crippen LogP contribution in [0, 0.1) is 6.92 Å². The van der Waals surface area contributed by atoms with E-state index in [1.165, 1.54) is 12.1 Å². The Hall–Kier alpha value is -3.89. The van der Waals surface area contributed by atoms with Crippen molar-refractivity contribution in [1.29, 1.82) is 0 Å². The van der Waals surface area contributed by atoms with Crippen molar-refractivity contribution < 1.29 is 18.3 Å². The smallest absolute Gasteiger partial charge is 0.336 e. The predicted octanol–water partition coefficient (Wildman–Crippen LogP) is 4.42. The summed E-state index contributed by atoms with van der Waals surface area (Å²) in [6, 6.07) is 16.7. The number of sulfonamides is 1. The van der Waals surface area contributed by atoms with Gasteiger partial charge in [-0.05, 0) is 61.0 Å². The van der Waals surface area contributed by atoms with Crippen molar-refractivity contribution in [3.8, 4) is 0 Å². The van der Waals surface area contributed by atoms with Crippen molar-refractivity contribution in [2.24, 2.45) is 0 Å². The van der Waals surface area contributed by atoms with Gasteiger partial charge in [0, 0.05) is 48.5 Å². The summed E-state index contributed by atoms with van der Waals surface area (Å²) in [5.74, 6) is 0.350. The summed E-state index contributed by atoms with van der Waals surface area (Å²) >= 11 is 6.10. The molecule has 0 amide bonds. The maximum Gasteiger partial charge on any atom is 0.336 e. The molecule has 37 heavy (non-hydrogen) atoms. The maximum atomic E-state index is 13.0. The molecule has 0 unspecified atom stereocenters. The van der Waals surface area contributed by atoms with E-state index in [0.29, 0.717) is 40.4 Å². The Morgan fingerprint density at radius 3 is 2.38 bits per heavy atom. The first-order valence-corrected chi connectivity index (χ1v) is 13.5. The summed E-state index contributed by atoms with van der Waals surface area (Å²) in [6.07, 6.45) is 1.76. The lowest BCUT2D eigenvalue weighted by Crippen LogP contribution is -2.47. The number of carboxylic acid groups (broad SMARTS) is 1. The van der Waals surface area contributed by atoms with Crippen LogP contribution >= 0.6 is 11.6 Å². The molecule has 2 aromatic heterocycles. The Labute approximate surface area is 219 Å². The molecule has 0 bridgehead atoms. The number of aromatic carboxylic acids is 1. The van der Waals surface area contributed by atoms with Gasteiger partial charge in [-0.3, -0.25) is 4.72 Å². The topological polar surface area (TPSA) is 116 Å². The molecule has 1 fully saturated rings. The third kappa shape index (κ3) is 5.03. The summed E-state index contributed by atoms with van der Waals surface area (Å²) in [4.78, 5) is 25.5. The molecule has 3 heterocycles. The molecule has 0 radical (unpaired) electrons. The van der Waals surface area contributed by atoms with Gasteiger partial charge in [0.15, 0.2) is 0 Å². The van der Waals surface area contributed by atoms with Crippen molar-refractivity contribution in [3.63, 3.8) is 0 Å². The molecule has 0 atom stereocenters. The van der Waals surface area contributed by atoms with Crippen LogP contribution in [0.1, 0.15) is 15.9 Å². The predicted molar refractivity (Wildman–Crippen MR) is 144 cm³/mol. The van der Waals surface area contributed by atoms with Crippen LogP contribution < -0.4 is 14.5 Å². The Bertz CT molecular complexity index is 1590. The highest BCUT2D eigenvalue weighted by Crippen LogP contribution is 2.29. The minimum absolute atomic E-state index is 0.0483. The lowest BCUT2D eigenvalue weighted by Gasteiger charge is -2.36. The van der Waals surface area contributed by atoms with Crippen molar-refractivity contribution in [3.05, 3.63) is 83.0 Å². The number of halogens is 1. The van der Waals surface area contributed by atoms with Crippen molar-refractivity contribution in [2.75, 3.05) is 40.7 Å². The second-order valence-corrected chi connectivity index (χ2v) is 10.8. The van der Waals surface area contributed by atoms with Crippen LogP contribution in [0.5, 0.6) is 0 Å². The van der Waals surface area contributed by atoms with Crippen LogP contribution in [0.3, 0.4) is 0 Å². The number of hydrogen-bond donors (Lipinski definition) is 2. The first-order chi connectivity index (χ1) is 17.7. The molecular formula is C26H24ClN5O4S. The van der Waals surface area contributed by atoms with E-state index in [-0.39, 0.29) is 16.1 Å². The first-order valence-electron chi connectivity index (χ1n) is 11.6. The molecule has 2 aromatic carbocycles. The van der Waals surface area contributed by atoms with Gasteiger partial charge < -0.3 is 14.9 Å². The fourth-order valence-corrected chi connectivity index (χ4v) is 5.96. The monoisotopic (exact) mass is 537 g/mol. The van der Waals surface area contributed by atoms with Gasteiger partial charge in [0.1, 0.15) is 11.6 Å². The molecule has 4 aromatic rings. The van der Waals surface area contributed by atoms with E-state index in [0.717, 1.165) is 18.9 Å². The second kappa shape index (κ2) is 9.87. The highest BCUT2D eigenvalue weighted by Gasteiger charge is 2.23. The number of pyridine rings is 2. The van der Waals surface area contributed by atoms with Gasteiger partial charge in [-0.15, -0.1) is 0 Å². The number of nitrogens with zero attached hydrogens (tertiary/aromatic N) is 4. The van der Waals surface area contributed by atoms with Gasteiger partial charge in [-0.25, -0.2) is 23.2 Å². The summed E-state index contributed by atoms with van der Waals surface area (Å²) in [6.45, 7) is 4.39. The van der Waals surface area contributed by atoms with Crippen molar-refractivity contribution >= 4 is 55.8 Å². The third-order valence-corrected chi connectivity index (χ3v) is 8.30. The van der Waals surface area contributed by atoms with Gasteiger partial charge in [0.2, 0.25) is 0 Å². The standard InChI is InChI=1S/C26H24ClN5O4S/c1-17-21(27)5-4-6-23(17)37(35,36)30-18-8-9-22-19(15-18)20(26(33)34)16-25(29-22)32-13-11-31(12-14-32)24-7-2-3-10-28-24/h2-10,15-16,30H,11-14H2,1H3,(H,33,34). The minimum Gasteiger partial charge on any atom is -0.478 e. The molecule has 190 valence electrons. The highest BCUT2D eigenvalue weighted by molar-refractivity contribution is 7.92. The van der Waals surface area contributed by atoms with Gasteiger partial charge in [0.05, 0.1) is 16.0 Å². The lowest BCUT2D eigenvalue weighted by molar-refractivity contribution is 0.0699. The van der Waals surface area contributed by atoms with Crippen LogP contribution in [0.2, 0.25) is 5.02 Å². The van der Waals surface area contributed by atoms with E-state index in [4.69, 9.17) is 16.6 Å². The molecule has 9 nitrogen and oxygen atoms in total. The number of hydrogen-bond acceptors (Lipinski definition) is 7. The first kappa shape index (κ1) is 24.8. The Morgan fingerprint density at radius 2 is 1.70 bits per heavy atom. The average molecular weight is 538 g/mol. The number of rotatable bonds is 6. The van der Waals surface area contributed by atoms with E-state index in [2.05, 4.69) is 14.6 Å². The van der Waals surface area contributed by atoms with Crippen LogP contribution in [-0.2, 0) is 10.0 Å². The summed E-state index contributed by atoms with van der Waals surface area (Å²) < 4.78 is 28.5. The molecule has 2 N–H and O–H groups in total. The molecule has 1 aliphatic heterocycles. The molecule has 1 aliphatic rings. The molecule has 11 heteroatoms. The lowest BCUT2D eigenvalue weighted by atomic mass is 10.1. The van der Waals surface area contributed by atoms with Gasteiger partial charge >= 0.3 is 5.97 Å². The number of piperazine rings is 1. The zero-order chi connectivity index (χ0) is 26.2. The maximum absolute atomic E-state index is 13.0. The number of nitrogens with one attached hydrogen (secondary N) is 1. The molecule has 1 saturated heterocycles.